The average molecular weight is 533 g/mol. The SMILES string of the molecule is Cc1ccc([C@@H](NC(=O)CN(c2cc(Cl)ccc2C)S(=O)(=O)c2ccc(C)cc2)c2ccccc2)cc1. The summed E-state index contributed by atoms with van der Waals surface area (Å²) in [4.78, 5) is 13.6. The predicted octanol–water partition coefficient (Wildman–Crippen LogP) is 6.37. The smallest absolute Gasteiger partial charge is 0.264 e. The van der Waals surface area contributed by atoms with Crippen molar-refractivity contribution in [3.8, 4) is 0 Å². The number of carbonyl (C=O) groups excluding carboxylic acids is 1. The molecular weight excluding hydrogens is 504 g/mol. The van der Waals surface area contributed by atoms with Crippen molar-refractivity contribution < 1.29 is 13.2 Å². The number of carbonyl (C=O) groups is 1. The first-order valence-electron chi connectivity index (χ1n) is 11.9. The lowest BCUT2D eigenvalue weighted by molar-refractivity contribution is -0.120. The van der Waals surface area contributed by atoms with Gasteiger partial charge in [-0.25, -0.2) is 8.42 Å². The molecule has 4 aromatic rings. The van der Waals surface area contributed by atoms with Gasteiger partial charge in [0, 0.05) is 5.02 Å². The van der Waals surface area contributed by atoms with Gasteiger partial charge in [0.2, 0.25) is 5.91 Å². The van der Waals surface area contributed by atoms with Crippen molar-refractivity contribution in [2.24, 2.45) is 0 Å². The molecule has 1 N–H and O–H groups in total. The lowest BCUT2D eigenvalue weighted by atomic mass is 9.98. The Balaban J connectivity index is 1.72. The van der Waals surface area contributed by atoms with Crippen LogP contribution < -0.4 is 9.62 Å². The van der Waals surface area contributed by atoms with E-state index in [1.807, 2.05) is 68.4 Å². The fourth-order valence-corrected chi connectivity index (χ4v) is 5.73. The molecule has 37 heavy (non-hydrogen) atoms. The van der Waals surface area contributed by atoms with Crippen LogP contribution in [0.1, 0.15) is 33.9 Å². The van der Waals surface area contributed by atoms with E-state index in [1.165, 1.54) is 0 Å². The van der Waals surface area contributed by atoms with E-state index in [9.17, 15) is 13.2 Å². The molecule has 0 saturated carbocycles. The molecule has 0 spiro atoms. The minimum Gasteiger partial charge on any atom is -0.344 e. The summed E-state index contributed by atoms with van der Waals surface area (Å²) in [6, 6.07) is 28.6. The van der Waals surface area contributed by atoms with Gasteiger partial charge >= 0.3 is 0 Å². The lowest BCUT2D eigenvalue weighted by Gasteiger charge is -2.27. The van der Waals surface area contributed by atoms with Gasteiger partial charge in [-0.15, -0.1) is 0 Å². The van der Waals surface area contributed by atoms with Crippen molar-refractivity contribution in [3.63, 3.8) is 0 Å². The summed E-state index contributed by atoms with van der Waals surface area (Å²) in [5, 5.41) is 3.44. The fraction of sp³-hybridized carbons (Fsp3) is 0.167. The third kappa shape index (κ3) is 6.21. The zero-order chi connectivity index (χ0) is 26.6. The van der Waals surface area contributed by atoms with Crippen LogP contribution in [0.2, 0.25) is 5.02 Å². The van der Waals surface area contributed by atoms with E-state index in [2.05, 4.69) is 5.32 Å². The average Bonchev–Trinajstić information content (AvgIpc) is 2.89. The van der Waals surface area contributed by atoms with Crippen LogP contribution in [-0.2, 0) is 14.8 Å². The van der Waals surface area contributed by atoms with Gasteiger partial charge < -0.3 is 5.32 Å². The standard InChI is InChI=1S/C30H29ClN2O3S/c1-21-9-14-25(15-10-21)30(24-7-5-4-6-8-24)32-29(34)20-33(28-19-26(31)16-13-23(28)3)37(35,36)27-17-11-22(2)12-18-27/h4-19,30H,20H2,1-3H3,(H,32,34)/t30-/m0/s1. The highest BCUT2D eigenvalue weighted by Crippen LogP contribution is 2.30. The lowest BCUT2D eigenvalue weighted by Crippen LogP contribution is -2.42. The number of anilines is 1. The molecule has 190 valence electrons. The Labute approximate surface area is 223 Å². The van der Waals surface area contributed by atoms with Crippen molar-refractivity contribution in [1.82, 2.24) is 5.32 Å². The third-order valence-electron chi connectivity index (χ3n) is 6.18. The Kier molecular flexibility index (Phi) is 8.00. The molecule has 0 bridgehead atoms. The molecule has 4 rings (SSSR count). The van der Waals surface area contributed by atoms with E-state index in [4.69, 9.17) is 11.6 Å². The molecular formula is C30H29ClN2O3S. The van der Waals surface area contributed by atoms with Crippen molar-refractivity contribution in [3.05, 3.63) is 130 Å². The van der Waals surface area contributed by atoms with Gasteiger partial charge in [0.05, 0.1) is 16.6 Å². The molecule has 0 fully saturated rings. The van der Waals surface area contributed by atoms with Crippen molar-refractivity contribution >= 4 is 33.2 Å². The summed E-state index contributed by atoms with van der Waals surface area (Å²) in [6.45, 7) is 5.27. The van der Waals surface area contributed by atoms with E-state index in [-0.39, 0.29) is 4.90 Å². The van der Waals surface area contributed by atoms with Crippen molar-refractivity contribution in [1.29, 1.82) is 0 Å². The number of nitrogens with one attached hydrogen (secondary N) is 1. The summed E-state index contributed by atoms with van der Waals surface area (Å²) in [6.07, 6.45) is 0. The summed E-state index contributed by atoms with van der Waals surface area (Å²) in [7, 11) is -4.06. The molecule has 0 unspecified atom stereocenters. The van der Waals surface area contributed by atoms with E-state index in [0.29, 0.717) is 16.3 Å². The number of sulfonamides is 1. The normalized spacial score (nSPS) is 12.1. The molecule has 0 aliphatic heterocycles. The van der Waals surface area contributed by atoms with Crippen LogP contribution in [0.4, 0.5) is 5.69 Å². The second-order valence-corrected chi connectivity index (χ2v) is 11.4. The molecule has 0 aromatic heterocycles. The molecule has 1 atom stereocenters. The monoisotopic (exact) mass is 532 g/mol. The summed E-state index contributed by atoms with van der Waals surface area (Å²) in [5.41, 5.74) is 4.88. The van der Waals surface area contributed by atoms with E-state index in [0.717, 1.165) is 26.6 Å². The molecule has 0 saturated heterocycles. The van der Waals surface area contributed by atoms with E-state index in [1.54, 1.807) is 49.4 Å². The van der Waals surface area contributed by atoms with Crippen molar-refractivity contribution in [2.75, 3.05) is 10.8 Å². The molecule has 5 nitrogen and oxygen atoms in total. The second kappa shape index (κ2) is 11.2. The van der Waals surface area contributed by atoms with E-state index < -0.39 is 28.5 Å². The highest BCUT2D eigenvalue weighted by molar-refractivity contribution is 7.92. The summed E-state index contributed by atoms with van der Waals surface area (Å²) in [5.74, 6) is -0.440. The number of hydrogen-bond donors (Lipinski definition) is 1. The molecule has 4 aromatic carbocycles. The maximum Gasteiger partial charge on any atom is 0.264 e. The molecule has 0 heterocycles. The van der Waals surface area contributed by atoms with Crippen LogP contribution in [-0.4, -0.2) is 20.9 Å². The largest absolute Gasteiger partial charge is 0.344 e. The van der Waals surface area contributed by atoms with Crippen LogP contribution in [0.25, 0.3) is 0 Å². The zero-order valence-electron chi connectivity index (χ0n) is 21.0. The number of benzene rings is 4. The highest BCUT2D eigenvalue weighted by atomic mass is 35.5. The number of nitrogens with zero attached hydrogens (tertiary/aromatic N) is 1. The second-order valence-electron chi connectivity index (χ2n) is 9.08. The van der Waals surface area contributed by atoms with Crippen LogP contribution >= 0.6 is 11.6 Å². The maximum absolute atomic E-state index is 13.8. The van der Waals surface area contributed by atoms with Gasteiger partial charge in [-0.1, -0.05) is 95.5 Å². The number of rotatable bonds is 8. The maximum atomic E-state index is 13.8. The van der Waals surface area contributed by atoms with Crippen LogP contribution in [0, 0.1) is 20.8 Å². The predicted molar refractivity (Wildman–Crippen MR) is 150 cm³/mol. The molecule has 0 radical (unpaired) electrons. The van der Waals surface area contributed by atoms with Crippen LogP contribution in [0.3, 0.4) is 0 Å². The highest BCUT2D eigenvalue weighted by Gasteiger charge is 2.29. The number of halogens is 1. The Morgan fingerprint density at radius 3 is 2.00 bits per heavy atom. The van der Waals surface area contributed by atoms with Gasteiger partial charge in [-0.05, 0) is 61.7 Å². The van der Waals surface area contributed by atoms with Crippen LogP contribution in [0.15, 0.2) is 102 Å². The van der Waals surface area contributed by atoms with Gasteiger partial charge in [-0.2, -0.15) is 0 Å². The number of amides is 1. The minimum atomic E-state index is -4.06. The Morgan fingerprint density at radius 1 is 0.811 bits per heavy atom. The molecule has 0 aliphatic carbocycles. The van der Waals surface area contributed by atoms with Gasteiger partial charge in [0.1, 0.15) is 6.54 Å². The van der Waals surface area contributed by atoms with Gasteiger partial charge in [-0.3, -0.25) is 9.10 Å². The quantitative estimate of drug-likeness (QED) is 0.287. The van der Waals surface area contributed by atoms with Crippen LogP contribution in [0.5, 0.6) is 0 Å². The fourth-order valence-electron chi connectivity index (χ4n) is 4.09. The Hall–Kier alpha value is -3.61. The zero-order valence-corrected chi connectivity index (χ0v) is 22.6. The number of aryl methyl sites for hydroxylation is 3. The van der Waals surface area contributed by atoms with Crippen molar-refractivity contribution in [2.45, 2.75) is 31.7 Å². The first-order chi connectivity index (χ1) is 17.6. The topological polar surface area (TPSA) is 66.5 Å². The summed E-state index contributed by atoms with van der Waals surface area (Å²) < 4.78 is 28.7. The Morgan fingerprint density at radius 2 is 1.38 bits per heavy atom. The molecule has 7 heteroatoms. The first-order valence-corrected chi connectivity index (χ1v) is 13.7. The first kappa shape index (κ1) is 26.5. The molecule has 1 amide bonds. The minimum absolute atomic E-state index is 0.100. The molecule has 0 aliphatic rings. The third-order valence-corrected chi connectivity index (χ3v) is 8.19. The van der Waals surface area contributed by atoms with Gasteiger partial charge in [0.15, 0.2) is 0 Å². The number of hydrogen-bond acceptors (Lipinski definition) is 3. The van der Waals surface area contributed by atoms with E-state index >= 15 is 0 Å². The summed E-state index contributed by atoms with van der Waals surface area (Å²) >= 11 is 6.25. The Bertz CT molecular complexity index is 1490. The van der Waals surface area contributed by atoms with Gasteiger partial charge in [0.25, 0.3) is 10.0 Å².